The highest BCUT2D eigenvalue weighted by atomic mass is 79.9. The molecule has 38 heavy (non-hydrogen) atoms. The summed E-state index contributed by atoms with van der Waals surface area (Å²) in [6.45, 7) is 1.64. The number of rotatable bonds is 9. The van der Waals surface area contributed by atoms with Crippen LogP contribution in [0.15, 0.2) is 119 Å². The second-order valence-electron chi connectivity index (χ2n) is 8.23. The molecule has 4 aromatic rings. The lowest BCUT2D eigenvalue weighted by molar-refractivity contribution is -0.129. The van der Waals surface area contributed by atoms with Gasteiger partial charge >= 0.3 is 5.97 Å². The van der Waals surface area contributed by atoms with E-state index in [0.717, 1.165) is 21.2 Å². The summed E-state index contributed by atoms with van der Waals surface area (Å²) >= 11 is 3.40. The Balaban J connectivity index is 1.34. The lowest BCUT2D eigenvalue weighted by atomic mass is 10.1. The number of carbonyl (C=O) groups excluding carboxylic acids is 2. The fourth-order valence-electron chi connectivity index (χ4n) is 3.45. The first-order valence-electron chi connectivity index (χ1n) is 11.9. The van der Waals surface area contributed by atoms with E-state index in [1.807, 2.05) is 84.9 Å². The van der Waals surface area contributed by atoms with Crippen molar-refractivity contribution in [2.24, 2.45) is 5.10 Å². The predicted molar refractivity (Wildman–Crippen MR) is 153 cm³/mol. The van der Waals surface area contributed by atoms with Crippen molar-refractivity contribution in [1.82, 2.24) is 5.43 Å². The maximum atomic E-state index is 12.5. The highest BCUT2D eigenvalue weighted by molar-refractivity contribution is 9.10. The van der Waals surface area contributed by atoms with Gasteiger partial charge in [-0.15, -0.1) is 0 Å². The molecule has 4 rings (SSSR count). The molecular formula is C31H25BrN2O4. The standard InChI is InChI=1S/C31H25BrN2O4/c1-22(37-28-16-13-25(14-17-28)24-10-6-3-7-11-24)31(36)34-33-21-26-20-27(32)15-18-29(26)38-30(35)19-12-23-8-4-2-5-9-23/h2-22H,1H3,(H,34,36)/b19-12+,33-21+. The van der Waals surface area contributed by atoms with E-state index in [2.05, 4.69) is 26.5 Å². The summed E-state index contributed by atoms with van der Waals surface area (Å²) in [6.07, 6.45) is 3.66. The van der Waals surface area contributed by atoms with Gasteiger partial charge < -0.3 is 9.47 Å². The third-order valence-electron chi connectivity index (χ3n) is 5.42. The number of carbonyl (C=O) groups is 2. The van der Waals surface area contributed by atoms with Gasteiger partial charge in [-0.2, -0.15) is 5.10 Å². The van der Waals surface area contributed by atoms with Crippen LogP contribution in [0.1, 0.15) is 18.1 Å². The normalized spacial score (nSPS) is 11.8. The molecule has 0 aliphatic heterocycles. The highest BCUT2D eigenvalue weighted by Gasteiger charge is 2.14. The number of nitrogens with one attached hydrogen (secondary N) is 1. The summed E-state index contributed by atoms with van der Waals surface area (Å²) in [5.74, 6) is -0.0827. The molecule has 4 aromatic carbocycles. The molecule has 190 valence electrons. The maximum Gasteiger partial charge on any atom is 0.336 e. The number of esters is 1. The molecule has 0 heterocycles. The van der Waals surface area contributed by atoms with Crippen LogP contribution in [0.2, 0.25) is 0 Å². The fraction of sp³-hybridized carbons (Fsp3) is 0.0645. The van der Waals surface area contributed by atoms with Crippen molar-refractivity contribution in [2.45, 2.75) is 13.0 Å². The summed E-state index contributed by atoms with van der Waals surface area (Å²) in [5, 5.41) is 4.03. The zero-order valence-electron chi connectivity index (χ0n) is 20.6. The summed E-state index contributed by atoms with van der Waals surface area (Å²) in [6, 6.07) is 32.1. The van der Waals surface area contributed by atoms with Gasteiger partial charge in [-0.25, -0.2) is 10.2 Å². The van der Waals surface area contributed by atoms with E-state index >= 15 is 0 Å². The SMILES string of the molecule is CC(Oc1ccc(-c2ccccc2)cc1)C(=O)N/N=C/c1cc(Br)ccc1OC(=O)/C=C/c1ccccc1. The molecule has 0 bridgehead atoms. The summed E-state index contributed by atoms with van der Waals surface area (Å²) in [5.41, 5.74) is 6.02. The monoisotopic (exact) mass is 568 g/mol. The van der Waals surface area contributed by atoms with Gasteiger partial charge in [-0.05, 0) is 60.0 Å². The molecule has 1 amide bonds. The number of hydrazone groups is 1. The van der Waals surface area contributed by atoms with Gasteiger partial charge in [0.05, 0.1) is 6.21 Å². The molecule has 0 spiro atoms. The zero-order chi connectivity index (χ0) is 26.7. The Morgan fingerprint density at radius 3 is 2.24 bits per heavy atom. The molecule has 0 aliphatic carbocycles. The molecule has 0 aliphatic rings. The van der Waals surface area contributed by atoms with Crippen molar-refractivity contribution >= 4 is 40.1 Å². The molecule has 0 saturated heterocycles. The van der Waals surface area contributed by atoms with Crippen molar-refractivity contribution in [3.8, 4) is 22.6 Å². The molecule has 0 saturated carbocycles. The Morgan fingerprint density at radius 1 is 0.868 bits per heavy atom. The first-order chi connectivity index (χ1) is 18.5. The van der Waals surface area contributed by atoms with E-state index in [1.165, 1.54) is 12.3 Å². The first-order valence-corrected chi connectivity index (χ1v) is 12.7. The Kier molecular flexibility index (Phi) is 9.21. The second kappa shape index (κ2) is 13.2. The molecule has 1 unspecified atom stereocenters. The number of benzene rings is 4. The molecule has 0 fully saturated rings. The molecule has 6 nitrogen and oxygen atoms in total. The van der Waals surface area contributed by atoms with Gasteiger partial charge in [0.15, 0.2) is 6.10 Å². The number of ether oxygens (including phenoxy) is 2. The van der Waals surface area contributed by atoms with Crippen LogP contribution >= 0.6 is 15.9 Å². The van der Waals surface area contributed by atoms with Gasteiger partial charge in [-0.3, -0.25) is 4.79 Å². The van der Waals surface area contributed by atoms with Crippen LogP contribution < -0.4 is 14.9 Å². The van der Waals surface area contributed by atoms with E-state index in [-0.39, 0.29) is 0 Å². The molecule has 7 heteroatoms. The minimum atomic E-state index is -0.780. The topological polar surface area (TPSA) is 77.0 Å². The van der Waals surface area contributed by atoms with Gasteiger partial charge in [0.2, 0.25) is 0 Å². The predicted octanol–water partition coefficient (Wildman–Crippen LogP) is 6.65. The van der Waals surface area contributed by atoms with Crippen LogP contribution in [0.25, 0.3) is 17.2 Å². The minimum absolute atomic E-state index is 0.303. The van der Waals surface area contributed by atoms with Crippen molar-refractivity contribution in [1.29, 1.82) is 0 Å². The molecule has 0 radical (unpaired) electrons. The van der Waals surface area contributed by atoms with Gasteiger partial charge in [0.25, 0.3) is 5.91 Å². The third kappa shape index (κ3) is 7.75. The quantitative estimate of drug-likeness (QED) is 0.0805. The Morgan fingerprint density at radius 2 is 1.53 bits per heavy atom. The third-order valence-corrected chi connectivity index (χ3v) is 5.91. The number of nitrogens with zero attached hydrogens (tertiary/aromatic N) is 1. The minimum Gasteiger partial charge on any atom is -0.481 e. The lowest BCUT2D eigenvalue weighted by Gasteiger charge is -2.13. The van der Waals surface area contributed by atoms with Crippen molar-refractivity contribution in [2.75, 3.05) is 0 Å². The van der Waals surface area contributed by atoms with E-state index in [1.54, 1.807) is 31.2 Å². The molecule has 1 N–H and O–H groups in total. The smallest absolute Gasteiger partial charge is 0.336 e. The second-order valence-corrected chi connectivity index (χ2v) is 9.15. The van der Waals surface area contributed by atoms with Crippen molar-refractivity contribution in [3.63, 3.8) is 0 Å². The van der Waals surface area contributed by atoms with Crippen LogP contribution in [-0.2, 0) is 9.59 Å². The van der Waals surface area contributed by atoms with Crippen LogP contribution in [-0.4, -0.2) is 24.2 Å². The van der Waals surface area contributed by atoms with Crippen LogP contribution in [0, 0.1) is 0 Å². The molecular weight excluding hydrogens is 544 g/mol. The average molecular weight is 569 g/mol. The number of amides is 1. The Labute approximate surface area is 229 Å². The molecule has 0 aromatic heterocycles. The van der Waals surface area contributed by atoms with E-state index in [4.69, 9.17) is 9.47 Å². The number of halogens is 1. The largest absolute Gasteiger partial charge is 0.481 e. The number of hydrogen-bond acceptors (Lipinski definition) is 5. The summed E-state index contributed by atoms with van der Waals surface area (Å²) < 4.78 is 12.0. The highest BCUT2D eigenvalue weighted by Crippen LogP contribution is 2.23. The van der Waals surface area contributed by atoms with Crippen molar-refractivity contribution in [3.05, 3.63) is 125 Å². The van der Waals surface area contributed by atoms with Crippen molar-refractivity contribution < 1.29 is 19.1 Å². The first kappa shape index (κ1) is 26.6. The van der Waals surface area contributed by atoms with Crippen LogP contribution in [0.3, 0.4) is 0 Å². The zero-order valence-corrected chi connectivity index (χ0v) is 22.2. The average Bonchev–Trinajstić information content (AvgIpc) is 2.94. The van der Waals surface area contributed by atoms with Gasteiger partial charge in [0, 0.05) is 16.1 Å². The fourth-order valence-corrected chi connectivity index (χ4v) is 3.83. The van der Waals surface area contributed by atoms with E-state index < -0.39 is 18.0 Å². The molecule has 1 atom stereocenters. The van der Waals surface area contributed by atoms with Crippen LogP contribution in [0.4, 0.5) is 0 Å². The Bertz CT molecular complexity index is 1440. The summed E-state index contributed by atoms with van der Waals surface area (Å²) in [7, 11) is 0. The van der Waals surface area contributed by atoms with Gasteiger partial charge in [-0.1, -0.05) is 88.7 Å². The van der Waals surface area contributed by atoms with Gasteiger partial charge in [0.1, 0.15) is 11.5 Å². The number of hydrogen-bond donors (Lipinski definition) is 1. The Hall–Kier alpha value is -4.49. The maximum absolute atomic E-state index is 12.5. The van der Waals surface area contributed by atoms with Crippen LogP contribution in [0.5, 0.6) is 11.5 Å². The van der Waals surface area contributed by atoms with E-state index in [0.29, 0.717) is 17.1 Å². The lowest BCUT2D eigenvalue weighted by Crippen LogP contribution is -2.33. The van der Waals surface area contributed by atoms with E-state index in [9.17, 15) is 9.59 Å². The summed E-state index contributed by atoms with van der Waals surface area (Å²) in [4.78, 5) is 24.8.